The second kappa shape index (κ2) is 8.81. The zero-order valence-corrected chi connectivity index (χ0v) is 18.3. The average Bonchev–Trinajstić information content (AvgIpc) is 3.40. The minimum Gasteiger partial charge on any atom is -0.507 e. The number of aliphatic hydroxyl groups is 1. The normalized spacial score (nSPS) is 17.9. The molecule has 1 fully saturated rings. The van der Waals surface area contributed by atoms with E-state index in [1.165, 1.54) is 11.2 Å². The number of Topliss-reactive ketones (excluding diaryl/α,β-unsaturated/α-hetero) is 1. The topological polar surface area (TPSA) is 80.0 Å². The minimum atomic E-state index is -0.795. The molecule has 0 bridgehead atoms. The molecule has 1 aromatic heterocycles. The molecule has 0 radical (unpaired) electrons. The summed E-state index contributed by atoms with van der Waals surface area (Å²) in [4.78, 5) is 27.3. The highest BCUT2D eigenvalue weighted by Gasteiger charge is 2.47. The number of halogens is 1. The number of amides is 1. The zero-order chi connectivity index (χ0) is 22.0. The van der Waals surface area contributed by atoms with Crippen LogP contribution in [-0.2, 0) is 16.0 Å². The van der Waals surface area contributed by atoms with Gasteiger partial charge in [0.2, 0.25) is 0 Å². The van der Waals surface area contributed by atoms with Crippen molar-refractivity contribution in [1.29, 1.82) is 0 Å². The Morgan fingerprint density at radius 2 is 1.81 bits per heavy atom. The second-order valence-electron chi connectivity index (χ2n) is 7.11. The number of likely N-dealkylation sites (tertiary alicyclic amines) is 1. The Balaban J connectivity index is 1.69. The van der Waals surface area contributed by atoms with E-state index in [1.54, 1.807) is 43.5 Å². The number of carbonyl (C=O) groups excluding carboxylic acids is 2. The first-order valence-corrected chi connectivity index (χ1v) is 10.5. The monoisotopic (exact) mass is 481 g/mol. The third-order valence-electron chi connectivity index (χ3n) is 5.27. The highest BCUT2D eigenvalue weighted by molar-refractivity contribution is 9.10. The van der Waals surface area contributed by atoms with Crippen molar-refractivity contribution in [3.05, 3.63) is 93.9 Å². The van der Waals surface area contributed by atoms with Gasteiger partial charge in [-0.3, -0.25) is 9.59 Å². The van der Waals surface area contributed by atoms with Crippen LogP contribution in [0, 0.1) is 0 Å². The highest BCUT2D eigenvalue weighted by Crippen LogP contribution is 2.39. The first-order chi connectivity index (χ1) is 15.0. The molecular weight excluding hydrogens is 462 g/mol. The van der Waals surface area contributed by atoms with Crippen LogP contribution in [0.1, 0.15) is 22.9 Å². The number of hydrogen-bond donors (Lipinski definition) is 1. The quantitative estimate of drug-likeness (QED) is 0.313. The zero-order valence-electron chi connectivity index (χ0n) is 16.7. The number of methoxy groups -OCH3 is 1. The number of aliphatic hydroxyl groups excluding tert-OH is 1. The molecule has 4 rings (SSSR count). The van der Waals surface area contributed by atoms with Crippen molar-refractivity contribution in [1.82, 2.24) is 4.90 Å². The van der Waals surface area contributed by atoms with E-state index in [1.807, 2.05) is 24.3 Å². The van der Waals surface area contributed by atoms with Gasteiger partial charge in [-0.05, 0) is 48.4 Å². The van der Waals surface area contributed by atoms with Crippen molar-refractivity contribution in [2.45, 2.75) is 12.5 Å². The predicted molar refractivity (Wildman–Crippen MR) is 119 cm³/mol. The summed E-state index contributed by atoms with van der Waals surface area (Å²) < 4.78 is 11.6. The Morgan fingerprint density at radius 3 is 2.42 bits per heavy atom. The van der Waals surface area contributed by atoms with E-state index in [0.717, 1.165) is 15.8 Å². The molecule has 0 saturated carbocycles. The molecule has 3 aromatic rings. The van der Waals surface area contributed by atoms with Crippen molar-refractivity contribution in [3.63, 3.8) is 0 Å². The van der Waals surface area contributed by atoms with Crippen LogP contribution < -0.4 is 4.74 Å². The number of benzene rings is 2. The van der Waals surface area contributed by atoms with Crippen LogP contribution >= 0.6 is 15.9 Å². The van der Waals surface area contributed by atoms with E-state index in [2.05, 4.69) is 15.9 Å². The average molecular weight is 482 g/mol. The van der Waals surface area contributed by atoms with Crippen LogP contribution in [0.15, 0.2) is 81.4 Å². The van der Waals surface area contributed by atoms with Crippen LogP contribution in [0.5, 0.6) is 5.75 Å². The number of ether oxygens (including phenoxy) is 1. The van der Waals surface area contributed by atoms with E-state index in [4.69, 9.17) is 9.15 Å². The van der Waals surface area contributed by atoms with Gasteiger partial charge < -0.3 is 19.2 Å². The molecule has 158 valence electrons. The summed E-state index contributed by atoms with van der Waals surface area (Å²) in [6, 6.07) is 17.0. The van der Waals surface area contributed by atoms with Gasteiger partial charge in [-0.15, -0.1) is 0 Å². The van der Waals surface area contributed by atoms with Crippen molar-refractivity contribution < 1.29 is 23.8 Å². The first kappa shape index (κ1) is 20.9. The van der Waals surface area contributed by atoms with Crippen LogP contribution in [0.3, 0.4) is 0 Å². The maximum atomic E-state index is 12.9. The Hall–Kier alpha value is -3.32. The summed E-state index contributed by atoms with van der Waals surface area (Å²) in [5, 5.41) is 10.9. The fourth-order valence-electron chi connectivity index (χ4n) is 3.66. The lowest BCUT2D eigenvalue weighted by Gasteiger charge is -2.23. The SMILES string of the molecule is COc1ccc(CCN2C(=O)C(=O)/C(=C(\O)c3ccc(Br)cc3)C2c2ccco2)cc1. The van der Waals surface area contributed by atoms with Gasteiger partial charge in [-0.25, -0.2) is 0 Å². The summed E-state index contributed by atoms with van der Waals surface area (Å²) in [6.45, 7) is 0.291. The number of carbonyl (C=O) groups is 2. The number of hydrogen-bond acceptors (Lipinski definition) is 5. The Bertz CT molecular complexity index is 1120. The Labute approximate surface area is 187 Å². The standard InChI is InChI=1S/C24H20BrNO5/c1-30-18-10-4-15(5-11-18)12-13-26-21(19-3-2-14-31-19)20(23(28)24(26)29)22(27)16-6-8-17(25)9-7-16/h2-11,14,21,27H,12-13H2,1H3/b22-20-. The molecule has 1 amide bonds. The lowest BCUT2D eigenvalue weighted by Crippen LogP contribution is -2.31. The lowest BCUT2D eigenvalue weighted by molar-refractivity contribution is -0.140. The van der Waals surface area contributed by atoms with Gasteiger partial charge in [0.25, 0.3) is 11.7 Å². The molecule has 1 N–H and O–H groups in total. The summed E-state index contributed by atoms with van der Waals surface area (Å²) in [6.07, 6.45) is 2.02. The minimum absolute atomic E-state index is 0.0250. The third-order valence-corrected chi connectivity index (χ3v) is 5.80. The van der Waals surface area contributed by atoms with E-state index in [-0.39, 0.29) is 11.3 Å². The number of nitrogens with zero attached hydrogens (tertiary/aromatic N) is 1. The van der Waals surface area contributed by atoms with E-state index >= 15 is 0 Å². The molecule has 1 aliphatic rings. The third kappa shape index (κ3) is 4.14. The highest BCUT2D eigenvalue weighted by atomic mass is 79.9. The molecule has 0 aliphatic carbocycles. The van der Waals surface area contributed by atoms with Gasteiger partial charge in [-0.2, -0.15) is 0 Å². The second-order valence-corrected chi connectivity index (χ2v) is 8.03. The molecule has 1 atom stereocenters. The number of rotatable bonds is 6. The summed E-state index contributed by atoms with van der Waals surface area (Å²) >= 11 is 3.35. The van der Waals surface area contributed by atoms with Gasteiger partial charge >= 0.3 is 0 Å². The molecule has 1 unspecified atom stereocenters. The van der Waals surface area contributed by atoms with E-state index in [9.17, 15) is 14.7 Å². The van der Waals surface area contributed by atoms with Crippen LogP contribution in [0.25, 0.3) is 5.76 Å². The fraction of sp³-hybridized carbons (Fsp3) is 0.167. The van der Waals surface area contributed by atoms with Crippen LogP contribution in [0.4, 0.5) is 0 Å². The van der Waals surface area contributed by atoms with Crippen LogP contribution in [0.2, 0.25) is 0 Å². The van der Waals surface area contributed by atoms with Gasteiger partial charge in [0.1, 0.15) is 23.3 Å². The van der Waals surface area contributed by atoms with Gasteiger partial charge in [0.05, 0.1) is 18.9 Å². The predicted octanol–water partition coefficient (Wildman–Crippen LogP) is 4.72. The molecule has 31 heavy (non-hydrogen) atoms. The van der Waals surface area contributed by atoms with Crippen molar-refractivity contribution >= 4 is 33.4 Å². The molecule has 0 spiro atoms. The maximum Gasteiger partial charge on any atom is 0.295 e. The van der Waals surface area contributed by atoms with E-state index < -0.39 is 17.7 Å². The van der Waals surface area contributed by atoms with E-state index in [0.29, 0.717) is 24.3 Å². The molecule has 7 heteroatoms. The van der Waals surface area contributed by atoms with Gasteiger partial charge in [-0.1, -0.05) is 40.2 Å². The molecule has 2 heterocycles. The summed E-state index contributed by atoms with van der Waals surface area (Å²) in [7, 11) is 1.60. The first-order valence-electron chi connectivity index (χ1n) is 9.70. The van der Waals surface area contributed by atoms with Crippen molar-refractivity contribution in [3.8, 4) is 5.75 Å². The number of furan rings is 1. The van der Waals surface area contributed by atoms with Crippen molar-refractivity contribution in [2.75, 3.05) is 13.7 Å². The van der Waals surface area contributed by atoms with Crippen LogP contribution in [-0.4, -0.2) is 35.4 Å². The Morgan fingerprint density at radius 1 is 1.10 bits per heavy atom. The smallest absolute Gasteiger partial charge is 0.295 e. The fourth-order valence-corrected chi connectivity index (χ4v) is 3.92. The Kier molecular flexibility index (Phi) is 5.95. The molecular formula is C24H20BrNO5. The molecule has 6 nitrogen and oxygen atoms in total. The number of ketones is 1. The maximum absolute atomic E-state index is 12.9. The summed E-state index contributed by atoms with van der Waals surface area (Å²) in [5.41, 5.74) is 1.47. The largest absolute Gasteiger partial charge is 0.507 e. The molecule has 2 aromatic carbocycles. The van der Waals surface area contributed by atoms with Gasteiger partial charge in [0, 0.05) is 16.6 Å². The lowest BCUT2D eigenvalue weighted by atomic mass is 9.99. The van der Waals surface area contributed by atoms with Crippen molar-refractivity contribution in [2.24, 2.45) is 0 Å². The van der Waals surface area contributed by atoms with Gasteiger partial charge in [0.15, 0.2) is 0 Å². The molecule has 1 saturated heterocycles. The molecule has 1 aliphatic heterocycles. The summed E-state index contributed by atoms with van der Waals surface area (Å²) in [5.74, 6) is -0.439.